The molecule has 8 nitrogen and oxygen atoms in total. The van der Waals surface area contributed by atoms with Crippen LogP contribution in [0, 0.1) is 12.8 Å². The van der Waals surface area contributed by atoms with Crippen LogP contribution in [0.2, 0.25) is 0 Å². The number of piperidine rings is 1. The number of amides is 2. The minimum absolute atomic E-state index is 0.0180. The number of ether oxygens (including phenoxy) is 2. The molecule has 186 valence electrons. The van der Waals surface area contributed by atoms with Crippen LogP contribution in [-0.4, -0.2) is 54.2 Å². The molecule has 0 spiro atoms. The molecular formula is C27H34N4O4. The largest absolute Gasteiger partial charge is 0.493 e. The van der Waals surface area contributed by atoms with Gasteiger partial charge in [0.05, 0.1) is 30.5 Å². The second-order valence-corrected chi connectivity index (χ2v) is 9.70. The van der Waals surface area contributed by atoms with Crippen molar-refractivity contribution < 1.29 is 19.1 Å². The van der Waals surface area contributed by atoms with Crippen LogP contribution in [-0.2, 0) is 9.53 Å². The van der Waals surface area contributed by atoms with Crippen LogP contribution in [0.25, 0.3) is 5.57 Å². The number of nitrogens with one attached hydrogen (secondary N) is 3. The van der Waals surface area contributed by atoms with E-state index in [1.54, 1.807) is 18.0 Å². The van der Waals surface area contributed by atoms with Crippen molar-refractivity contribution in [1.29, 1.82) is 0 Å². The lowest BCUT2D eigenvalue weighted by molar-refractivity contribution is -0.116. The summed E-state index contributed by atoms with van der Waals surface area (Å²) in [4.78, 5) is 30.1. The lowest BCUT2D eigenvalue weighted by atomic mass is 9.91. The van der Waals surface area contributed by atoms with Crippen LogP contribution < -0.4 is 15.4 Å². The third-order valence-corrected chi connectivity index (χ3v) is 7.00. The summed E-state index contributed by atoms with van der Waals surface area (Å²) in [5.41, 5.74) is 4.68. The van der Waals surface area contributed by atoms with Crippen LogP contribution in [0.4, 0.5) is 4.79 Å². The van der Waals surface area contributed by atoms with Crippen LogP contribution in [0.15, 0.2) is 36.7 Å². The fourth-order valence-electron chi connectivity index (χ4n) is 4.82. The van der Waals surface area contributed by atoms with Crippen LogP contribution in [0.1, 0.15) is 61.0 Å². The van der Waals surface area contributed by atoms with Gasteiger partial charge in [-0.1, -0.05) is 11.6 Å². The molecule has 0 bridgehead atoms. The first-order valence-electron chi connectivity index (χ1n) is 12.6. The quantitative estimate of drug-likeness (QED) is 0.561. The number of aromatic nitrogens is 1. The van der Waals surface area contributed by atoms with Gasteiger partial charge in [0, 0.05) is 42.7 Å². The van der Waals surface area contributed by atoms with Crippen LogP contribution >= 0.6 is 0 Å². The molecule has 35 heavy (non-hydrogen) atoms. The van der Waals surface area contributed by atoms with Gasteiger partial charge in [0.15, 0.2) is 0 Å². The SMILES string of the molecule is CCOC(=O)N1CCC(NC(=O)C2=CNC(c3cc(C)ccc3OCC3CC3)c3cc[nH]c32)CC1. The van der Waals surface area contributed by atoms with Gasteiger partial charge < -0.3 is 30.0 Å². The monoisotopic (exact) mass is 478 g/mol. The Morgan fingerprint density at radius 1 is 1.11 bits per heavy atom. The van der Waals surface area contributed by atoms with Crippen molar-refractivity contribution in [2.45, 2.75) is 51.6 Å². The normalized spacial score (nSPS) is 19.9. The highest BCUT2D eigenvalue weighted by Crippen LogP contribution is 2.38. The fourth-order valence-corrected chi connectivity index (χ4v) is 4.82. The number of carbonyl (C=O) groups is 2. The zero-order valence-corrected chi connectivity index (χ0v) is 20.4. The van der Waals surface area contributed by atoms with E-state index in [9.17, 15) is 9.59 Å². The van der Waals surface area contributed by atoms with Crippen molar-refractivity contribution in [2.75, 3.05) is 26.3 Å². The Balaban J connectivity index is 1.27. The molecule has 1 saturated carbocycles. The van der Waals surface area contributed by atoms with Gasteiger partial charge in [0.2, 0.25) is 0 Å². The van der Waals surface area contributed by atoms with Gasteiger partial charge in [-0.2, -0.15) is 0 Å². The van der Waals surface area contributed by atoms with Crippen molar-refractivity contribution in [1.82, 2.24) is 20.5 Å². The Morgan fingerprint density at radius 3 is 2.66 bits per heavy atom. The van der Waals surface area contributed by atoms with E-state index >= 15 is 0 Å². The molecule has 1 aromatic heterocycles. The number of hydrogen-bond acceptors (Lipinski definition) is 5. The summed E-state index contributed by atoms with van der Waals surface area (Å²) in [6, 6.07) is 8.23. The van der Waals surface area contributed by atoms with Crippen LogP contribution in [0.3, 0.4) is 0 Å². The van der Waals surface area contributed by atoms with Crippen molar-refractivity contribution >= 4 is 17.6 Å². The zero-order chi connectivity index (χ0) is 24.4. The average Bonchev–Trinajstić information content (AvgIpc) is 3.56. The molecule has 5 rings (SSSR count). The minimum Gasteiger partial charge on any atom is -0.493 e. The maximum absolute atomic E-state index is 13.2. The average molecular weight is 479 g/mol. The highest BCUT2D eigenvalue weighted by molar-refractivity contribution is 6.19. The Labute approximate surface area is 206 Å². The van der Waals surface area contributed by atoms with Crippen molar-refractivity contribution in [3.63, 3.8) is 0 Å². The van der Waals surface area contributed by atoms with E-state index in [4.69, 9.17) is 9.47 Å². The lowest BCUT2D eigenvalue weighted by Crippen LogP contribution is -2.47. The first-order valence-corrected chi connectivity index (χ1v) is 12.6. The maximum atomic E-state index is 13.2. The Morgan fingerprint density at radius 2 is 1.91 bits per heavy atom. The molecule has 1 aromatic carbocycles. The predicted molar refractivity (Wildman–Crippen MR) is 133 cm³/mol. The van der Waals surface area contributed by atoms with E-state index in [2.05, 4.69) is 40.7 Å². The van der Waals surface area contributed by atoms with Crippen molar-refractivity contribution in [3.05, 3.63) is 59.0 Å². The molecule has 1 unspecified atom stereocenters. The molecule has 1 atom stereocenters. The predicted octanol–water partition coefficient (Wildman–Crippen LogP) is 3.88. The van der Waals surface area contributed by atoms with E-state index in [1.807, 2.05) is 12.3 Å². The minimum atomic E-state index is -0.282. The van der Waals surface area contributed by atoms with E-state index in [-0.39, 0.29) is 24.1 Å². The Hall–Kier alpha value is -3.42. The molecule has 0 radical (unpaired) electrons. The summed E-state index contributed by atoms with van der Waals surface area (Å²) in [7, 11) is 0. The van der Waals surface area contributed by atoms with Gasteiger partial charge in [-0.25, -0.2) is 4.79 Å². The van der Waals surface area contributed by atoms with Crippen molar-refractivity contribution in [2.24, 2.45) is 5.92 Å². The Bertz CT molecular complexity index is 1110. The molecule has 2 aliphatic heterocycles. The summed E-state index contributed by atoms with van der Waals surface area (Å²) in [6.45, 7) is 6.16. The van der Waals surface area contributed by atoms with Gasteiger partial charge in [-0.15, -0.1) is 0 Å². The highest BCUT2D eigenvalue weighted by atomic mass is 16.6. The first-order chi connectivity index (χ1) is 17.0. The molecule has 3 heterocycles. The number of likely N-dealkylation sites (tertiary alicyclic amines) is 1. The molecular weight excluding hydrogens is 444 g/mol. The number of carbonyl (C=O) groups excluding carboxylic acids is 2. The maximum Gasteiger partial charge on any atom is 0.409 e. The van der Waals surface area contributed by atoms with E-state index in [1.165, 1.54) is 18.4 Å². The molecule has 1 aliphatic carbocycles. The van der Waals surface area contributed by atoms with Gasteiger partial charge in [-0.3, -0.25) is 4.79 Å². The molecule has 2 fully saturated rings. The number of aryl methyl sites for hydroxylation is 1. The number of aromatic amines is 1. The molecule has 3 aliphatic rings. The summed E-state index contributed by atoms with van der Waals surface area (Å²) in [5.74, 6) is 1.44. The van der Waals surface area contributed by atoms with E-state index in [0.717, 1.165) is 29.2 Å². The third kappa shape index (κ3) is 5.16. The second-order valence-electron chi connectivity index (χ2n) is 9.70. The van der Waals surface area contributed by atoms with Crippen LogP contribution in [0.5, 0.6) is 5.75 Å². The Kier molecular flexibility index (Phi) is 6.70. The summed E-state index contributed by atoms with van der Waals surface area (Å²) >= 11 is 0. The number of hydrogen-bond donors (Lipinski definition) is 3. The standard InChI is InChI=1S/C27H34N4O4/c1-3-34-27(33)31-12-9-19(10-13-31)30-26(32)22-15-29-24(20-8-11-28-25(20)22)21-14-17(2)4-7-23(21)35-16-18-5-6-18/h4,7-8,11,14-15,18-19,24,28-29H,3,5-6,9-10,12-13,16H2,1-2H3,(H,30,32). The number of benzene rings is 1. The fraction of sp³-hybridized carbons (Fsp3) is 0.481. The molecule has 8 heteroatoms. The van der Waals surface area contributed by atoms with Gasteiger partial charge in [-0.05, 0) is 63.6 Å². The van der Waals surface area contributed by atoms with E-state index in [0.29, 0.717) is 44.0 Å². The van der Waals surface area contributed by atoms with Gasteiger partial charge in [0.1, 0.15) is 5.75 Å². The van der Waals surface area contributed by atoms with E-state index < -0.39 is 0 Å². The topological polar surface area (TPSA) is 95.7 Å². The summed E-state index contributed by atoms with van der Waals surface area (Å²) < 4.78 is 11.3. The first kappa shape index (κ1) is 23.3. The van der Waals surface area contributed by atoms with Crippen molar-refractivity contribution in [3.8, 4) is 5.75 Å². The number of rotatable bonds is 7. The smallest absolute Gasteiger partial charge is 0.409 e. The number of fused-ring (bicyclic) bond motifs is 1. The lowest BCUT2D eigenvalue weighted by Gasteiger charge is -2.32. The number of H-pyrrole nitrogens is 1. The highest BCUT2D eigenvalue weighted by Gasteiger charge is 2.31. The molecule has 3 N–H and O–H groups in total. The number of nitrogens with zero attached hydrogens (tertiary/aromatic N) is 1. The summed E-state index contributed by atoms with van der Waals surface area (Å²) in [5, 5.41) is 6.62. The molecule has 2 aromatic rings. The van der Waals surface area contributed by atoms with Gasteiger partial charge in [0.25, 0.3) is 5.91 Å². The molecule has 1 saturated heterocycles. The third-order valence-electron chi connectivity index (χ3n) is 7.00. The summed E-state index contributed by atoms with van der Waals surface area (Å²) in [6.07, 6.45) is 7.30. The second kappa shape index (κ2) is 10.1. The van der Waals surface area contributed by atoms with Gasteiger partial charge >= 0.3 is 6.09 Å². The molecule has 2 amide bonds. The zero-order valence-electron chi connectivity index (χ0n) is 20.4.